The Bertz CT molecular complexity index is 138. The Hall–Kier alpha value is 0.490. The van der Waals surface area contributed by atoms with Gasteiger partial charge in [-0.1, -0.05) is 0 Å². The molecule has 0 aromatic rings. The molecule has 0 aliphatic rings. The molecule has 0 bridgehead atoms. The van der Waals surface area contributed by atoms with Crippen molar-refractivity contribution in [1.82, 2.24) is 3.53 Å². The van der Waals surface area contributed by atoms with Crippen LogP contribution in [0.15, 0.2) is 0 Å². The van der Waals surface area contributed by atoms with Crippen molar-refractivity contribution in [2.24, 2.45) is 0 Å². The highest BCUT2D eigenvalue weighted by atomic mass is 127. The van der Waals surface area contributed by atoms with Gasteiger partial charge in [-0.3, -0.25) is 3.53 Å². The monoisotopic (exact) mass is 307 g/mol. The maximum atomic E-state index is 9.20. The lowest BCUT2D eigenvalue weighted by atomic mass is 10.0. The Morgan fingerprint density at radius 2 is 1.46 bits per heavy atom. The van der Waals surface area contributed by atoms with Gasteiger partial charge in [0.2, 0.25) is 0 Å². The average Bonchev–Trinajstić information content (AvgIpc) is 2.14. The van der Waals surface area contributed by atoms with E-state index in [0.29, 0.717) is 0 Å². The summed E-state index contributed by atoms with van der Waals surface area (Å²) in [4.78, 5) is 0. The summed E-state index contributed by atoms with van der Waals surface area (Å²) in [7, 11) is 0. The zero-order chi connectivity index (χ0) is 10.4. The van der Waals surface area contributed by atoms with E-state index in [4.69, 9.17) is 20.4 Å². The molecule has 0 aromatic heterocycles. The predicted octanol–water partition coefficient (Wildman–Crippen LogP) is -2.64. The minimum absolute atomic E-state index is 0.0803. The molecule has 0 saturated heterocycles. The first-order chi connectivity index (χ1) is 6.04. The van der Waals surface area contributed by atoms with Gasteiger partial charge < -0.3 is 25.5 Å². The van der Waals surface area contributed by atoms with Crippen molar-refractivity contribution in [1.29, 1.82) is 0 Å². The lowest BCUT2D eigenvalue weighted by Gasteiger charge is -2.25. The summed E-state index contributed by atoms with van der Waals surface area (Å²) in [6.45, 7) is -0.584. The quantitative estimate of drug-likeness (QED) is 0.236. The lowest BCUT2D eigenvalue weighted by Crippen LogP contribution is -2.48. The molecule has 7 heteroatoms. The molecule has 4 unspecified atom stereocenters. The number of aliphatic hydroxyl groups is 5. The highest BCUT2D eigenvalue weighted by Gasteiger charge is 2.29. The van der Waals surface area contributed by atoms with Crippen LogP contribution in [0.1, 0.15) is 0 Å². The molecule has 0 aliphatic heterocycles. The fraction of sp³-hybridized carbons (Fsp3) is 1.00. The van der Waals surface area contributed by atoms with Crippen molar-refractivity contribution in [3.63, 3.8) is 0 Å². The van der Waals surface area contributed by atoms with Crippen LogP contribution in [0.5, 0.6) is 0 Å². The van der Waals surface area contributed by atoms with Crippen LogP contribution in [-0.4, -0.2) is 63.1 Å². The van der Waals surface area contributed by atoms with Crippen molar-refractivity contribution in [3.8, 4) is 0 Å². The Kier molecular flexibility index (Phi) is 7.13. The normalized spacial score (nSPS) is 20.8. The van der Waals surface area contributed by atoms with Crippen LogP contribution in [0.4, 0.5) is 0 Å². The molecule has 0 aliphatic carbocycles. The lowest BCUT2D eigenvalue weighted by molar-refractivity contribution is -0.112. The maximum Gasteiger partial charge on any atom is 0.111 e. The number of halogens is 1. The highest BCUT2D eigenvalue weighted by Crippen LogP contribution is 2.04. The van der Waals surface area contributed by atoms with Crippen molar-refractivity contribution in [2.75, 3.05) is 13.2 Å². The summed E-state index contributed by atoms with van der Waals surface area (Å²) in [6.07, 6.45) is -5.67. The summed E-state index contributed by atoms with van der Waals surface area (Å²) < 4.78 is 2.56. The van der Waals surface area contributed by atoms with E-state index in [2.05, 4.69) is 3.53 Å². The van der Waals surface area contributed by atoms with Crippen LogP contribution in [0.25, 0.3) is 0 Å². The third-order valence-corrected chi connectivity index (χ3v) is 2.05. The van der Waals surface area contributed by atoms with E-state index in [1.54, 1.807) is 22.9 Å². The van der Waals surface area contributed by atoms with Gasteiger partial charge in [-0.25, -0.2) is 0 Å². The van der Waals surface area contributed by atoms with E-state index in [9.17, 15) is 5.11 Å². The van der Waals surface area contributed by atoms with Crippen LogP contribution in [0, 0.1) is 0 Å². The molecule has 0 spiro atoms. The first-order valence-electron chi connectivity index (χ1n) is 3.71. The largest absolute Gasteiger partial charge is 0.394 e. The zero-order valence-corrected chi connectivity index (χ0v) is 9.00. The Labute approximate surface area is 89.7 Å². The second-order valence-electron chi connectivity index (χ2n) is 2.64. The number of hydrogen-bond acceptors (Lipinski definition) is 6. The van der Waals surface area contributed by atoms with Crippen molar-refractivity contribution < 1.29 is 25.5 Å². The number of hydrogen-bond donors (Lipinski definition) is 6. The topological polar surface area (TPSA) is 113 Å². The average molecular weight is 307 g/mol. The highest BCUT2D eigenvalue weighted by molar-refractivity contribution is 14.1. The maximum absolute atomic E-state index is 9.20. The van der Waals surface area contributed by atoms with Gasteiger partial charge in [0.15, 0.2) is 0 Å². The summed E-state index contributed by atoms with van der Waals surface area (Å²) in [5.74, 6) is 0. The van der Waals surface area contributed by atoms with Gasteiger partial charge >= 0.3 is 0 Å². The molecule has 0 heterocycles. The second kappa shape index (κ2) is 6.87. The van der Waals surface area contributed by atoms with E-state index in [1.165, 1.54) is 0 Å². The number of rotatable bonds is 6. The molecule has 0 fully saturated rings. The molecular weight excluding hydrogens is 293 g/mol. The molecule has 80 valence electrons. The van der Waals surface area contributed by atoms with Gasteiger partial charge in [0.05, 0.1) is 12.7 Å². The predicted molar refractivity (Wildman–Crippen MR) is 53.1 cm³/mol. The van der Waals surface area contributed by atoms with E-state index < -0.39 is 31.0 Å². The number of aliphatic hydroxyl groups excluding tert-OH is 5. The van der Waals surface area contributed by atoms with E-state index in [-0.39, 0.29) is 6.54 Å². The van der Waals surface area contributed by atoms with Gasteiger partial charge in [0.25, 0.3) is 0 Å². The summed E-state index contributed by atoms with van der Waals surface area (Å²) >= 11 is 1.77. The Morgan fingerprint density at radius 1 is 1.00 bits per heavy atom. The molecule has 0 radical (unpaired) electrons. The minimum atomic E-state index is -1.55. The van der Waals surface area contributed by atoms with Gasteiger partial charge in [-0.05, 0) is 0 Å². The Balaban J connectivity index is 3.99. The molecule has 6 N–H and O–H groups in total. The van der Waals surface area contributed by atoms with Gasteiger partial charge in [0.1, 0.15) is 18.3 Å². The molecule has 0 amide bonds. The fourth-order valence-corrected chi connectivity index (χ4v) is 1.21. The zero-order valence-electron chi connectivity index (χ0n) is 6.84. The van der Waals surface area contributed by atoms with Crippen LogP contribution in [-0.2, 0) is 0 Å². The molecule has 0 rings (SSSR count). The van der Waals surface area contributed by atoms with Gasteiger partial charge in [0, 0.05) is 29.4 Å². The van der Waals surface area contributed by atoms with Gasteiger partial charge in [-0.2, -0.15) is 0 Å². The summed E-state index contributed by atoms with van der Waals surface area (Å²) in [5.41, 5.74) is 0. The second-order valence-corrected chi connectivity index (χ2v) is 3.40. The third-order valence-electron chi connectivity index (χ3n) is 1.61. The van der Waals surface area contributed by atoms with E-state index >= 15 is 0 Å². The molecule has 13 heavy (non-hydrogen) atoms. The molecular formula is C6H14INO5. The van der Waals surface area contributed by atoms with Crippen molar-refractivity contribution >= 4 is 22.9 Å². The van der Waals surface area contributed by atoms with Crippen LogP contribution >= 0.6 is 22.9 Å². The first kappa shape index (κ1) is 13.5. The SMILES string of the molecule is OCC(O)C(O)C(O)C(O)CNI. The molecule has 0 saturated carbocycles. The smallest absolute Gasteiger partial charge is 0.111 e. The number of nitrogens with one attached hydrogen (secondary N) is 1. The minimum Gasteiger partial charge on any atom is -0.394 e. The van der Waals surface area contributed by atoms with E-state index in [1.807, 2.05) is 0 Å². The van der Waals surface area contributed by atoms with Gasteiger partial charge in [-0.15, -0.1) is 0 Å². The van der Waals surface area contributed by atoms with E-state index in [0.717, 1.165) is 0 Å². The van der Waals surface area contributed by atoms with Crippen LogP contribution in [0.2, 0.25) is 0 Å². The van der Waals surface area contributed by atoms with Crippen molar-refractivity contribution in [3.05, 3.63) is 0 Å². The van der Waals surface area contributed by atoms with Crippen LogP contribution < -0.4 is 3.53 Å². The molecule has 0 aromatic carbocycles. The molecule has 4 atom stereocenters. The fourth-order valence-electron chi connectivity index (χ4n) is 0.763. The molecule has 6 nitrogen and oxygen atoms in total. The Morgan fingerprint density at radius 3 is 1.85 bits per heavy atom. The van der Waals surface area contributed by atoms with Crippen molar-refractivity contribution in [2.45, 2.75) is 24.4 Å². The first-order valence-corrected chi connectivity index (χ1v) is 4.79. The summed E-state index contributed by atoms with van der Waals surface area (Å²) in [5, 5.41) is 44.9. The summed E-state index contributed by atoms with van der Waals surface area (Å²) in [6, 6.07) is 0. The third kappa shape index (κ3) is 4.49. The van der Waals surface area contributed by atoms with Crippen LogP contribution in [0.3, 0.4) is 0 Å². The standard InChI is InChI=1S/C6H14INO5/c7-8-1-3(10)5(12)6(13)4(11)2-9/h3-6,8-13H,1-2H2.